The minimum absolute atomic E-state index is 0.0340. The summed E-state index contributed by atoms with van der Waals surface area (Å²) in [5.74, 6) is 0.225. The van der Waals surface area contributed by atoms with Crippen LogP contribution in [-0.2, 0) is 14.3 Å². The van der Waals surface area contributed by atoms with E-state index < -0.39 is 10.1 Å². The molecular weight excluding hydrogens is 200 g/mol. The largest absolute Gasteiger partial charge is 0.267 e. The van der Waals surface area contributed by atoms with Crippen LogP contribution >= 0.6 is 0 Å². The summed E-state index contributed by atoms with van der Waals surface area (Å²) in [6.07, 6.45) is -0.257. The number of rotatable bonds is 4. The zero-order valence-corrected chi connectivity index (χ0v) is 10.8. The Kier molecular flexibility index (Phi) is 4.59. The summed E-state index contributed by atoms with van der Waals surface area (Å²) >= 11 is 0. The molecule has 0 spiro atoms. The molecule has 0 aromatic heterocycles. The first kappa shape index (κ1) is 13.9. The van der Waals surface area contributed by atoms with Crippen LogP contribution in [0.1, 0.15) is 41.5 Å². The molecule has 14 heavy (non-hydrogen) atoms. The lowest BCUT2D eigenvalue weighted by molar-refractivity contribution is 0.0533. The summed E-state index contributed by atoms with van der Waals surface area (Å²) in [6, 6.07) is 0. The van der Waals surface area contributed by atoms with E-state index in [0.29, 0.717) is 0 Å². The fourth-order valence-corrected chi connectivity index (χ4v) is 2.44. The van der Waals surface area contributed by atoms with Gasteiger partial charge in [0.25, 0.3) is 10.1 Å². The fraction of sp³-hybridized carbons (Fsp3) is 1.00. The zero-order valence-electron chi connectivity index (χ0n) is 9.99. The third-order valence-electron chi connectivity index (χ3n) is 2.06. The van der Waals surface area contributed by atoms with Gasteiger partial charge >= 0.3 is 0 Å². The van der Waals surface area contributed by atoms with Gasteiger partial charge in [-0.05, 0) is 18.3 Å². The monoisotopic (exact) mass is 222 g/mol. The van der Waals surface area contributed by atoms with Gasteiger partial charge in [-0.3, -0.25) is 4.18 Å². The average molecular weight is 222 g/mol. The van der Waals surface area contributed by atoms with Gasteiger partial charge in [0.1, 0.15) is 0 Å². The smallest absolute Gasteiger partial charge is 0.266 e. The molecule has 0 aliphatic heterocycles. The molecule has 0 N–H and O–H groups in total. The van der Waals surface area contributed by atoms with E-state index in [1.807, 2.05) is 34.6 Å². The van der Waals surface area contributed by atoms with Gasteiger partial charge in [-0.2, -0.15) is 8.42 Å². The molecule has 0 radical (unpaired) electrons. The molecule has 0 fully saturated rings. The van der Waals surface area contributed by atoms with Crippen molar-refractivity contribution in [3.05, 3.63) is 0 Å². The van der Waals surface area contributed by atoms with Gasteiger partial charge < -0.3 is 0 Å². The Morgan fingerprint density at radius 2 is 1.64 bits per heavy atom. The van der Waals surface area contributed by atoms with E-state index in [1.54, 1.807) is 6.92 Å². The number of hydrogen-bond donors (Lipinski definition) is 0. The molecule has 0 amide bonds. The Labute approximate surface area is 88.0 Å². The highest BCUT2D eigenvalue weighted by atomic mass is 32.2. The van der Waals surface area contributed by atoms with E-state index in [2.05, 4.69) is 0 Å². The predicted molar refractivity (Wildman–Crippen MR) is 58.6 cm³/mol. The summed E-state index contributed by atoms with van der Waals surface area (Å²) in [5.41, 5.74) is -0.156. The lowest BCUT2D eigenvalue weighted by Crippen LogP contribution is -2.36. The van der Waals surface area contributed by atoms with E-state index in [4.69, 9.17) is 4.18 Å². The second kappa shape index (κ2) is 4.62. The standard InChI is InChI=1S/C10H22O3S/c1-7-14(11,12)13-9(8(2)3)10(4,5)6/h8-9H,7H2,1-6H3. The highest BCUT2D eigenvalue weighted by molar-refractivity contribution is 7.86. The Morgan fingerprint density at radius 3 is 1.86 bits per heavy atom. The van der Waals surface area contributed by atoms with Crippen molar-refractivity contribution in [2.45, 2.75) is 47.6 Å². The molecule has 0 rings (SSSR count). The highest BCUT2D eigenvalue weighted by Gasteiger charge is 2.32. The first-order valence-corrected chi connectivity index (χ1v) is 6.59. The summed E-state index contributed by atoms with van der Waals surface area (Å²) in [7, 11) is -3.35. The van der Waals surface area contributed by atoms with E-state index in [0.717, 1.165) is 0 Å². The van der Waals surface area contributed by atoms with Crippen LogP contribution in [-0.4, -0.2) is 20.3 Å². The quantitative estimate of drug-likeness (QED) is 0.686. The predicted octanol–water partition coefficient (Wildman–Crippen LogP) is 2.42. The topological polar surface area (TPSA) is 43.4 Å². The average Bonchev–Trinajstić information content (AvgIpc) is 1.98. The van der Waals surface area contributed by atoms with Crippen molar-refractivity contribution >= 4 is 10.1 Å². The van der Waals surface area contributed by atoms with Crippen LogP contribution < -0.4 is 0 Å². The van der Waals surface area contributed by atoms with Crippen molar-refractivity contribution < 1.29 is 12.6 Å². The maximum absolute atomic E-state index is 11.3. The van der Waals surface area contributed by atoms with Crippen molar-refractivity contribution in [2.24, 2.45) is 11.3 Å². The van der Waals surface area contributed by atoms with Gasteiger partial charge in [0, 0.05) is 0 Å². The van der Waals surface area contributed by atoms with Gasteiger partial charge in [0.2, 0.25) is 0 Å². The lowest BCUT2D eigenvalue weighted by Gasteiger charge is -2.32. The van der Waals surface area contributed by atoms with E-state index in [-0.39, 0.29) is 23.2 Å². The summed E-state index contributed by atoms with van der Waals surface area (Å²) in [4.78, 5) is 0. The molecular formula is C10H22O3S. The van der Waals surface area contributed by atoms with E-state index in [9.17, 15) is 8.42 Å². The Hall–Kier alpha value is -0.0900. The Balaban J connectivity index is 4.73. The Morgan fingerprint density at radius 1 is 1.21 bits per heavy atom. The van der Waals surface area contributed by atoms with E-state index in [1.165, 1.54) is 0 Å². The third-order valence-corrected chi connectivity index (χ3v) is 3.27. The summed E-state index contributed by atoms with van der Waals surface area (Å²) in [6.45, 7) is 11.5. The van der Waals surface area contributed by atoms with Crippen molar-refractivity contribution in [3.63, 3.8) is 0 Å². The highest BCUT2D eigenvalue weighted by Crippen LogP contribution is 2.29. The fourth-order valence-electron chi connectivity index (χ4n) is 1.48. The molecule has 0 saturated carbocycles. The molecule has 1 atom stereocenters. The summed E-state index contributed by atoms with van der Waals surface area (Å²) < 4.78 is 27.9. The maximum atomic E-state index is 11.3. The number of hydrogen-bond acceptors (Lipinski definition) is 3. The van der Waals surface area contributed by atoms with Crippen molar-refractivity contribution in [2.75, 3.05) is 5.75 Å². The van der Waals surface area contributed by atoms with Crippen LogP contribution in [0, 0.1) is 11.3 Å². The van der Waals surface area contributed by atoms with Gasteiger partial charge in [-0.15, -0.1) is 0 Å². The molecule has 0 saturated heterocycles. The molecule has 0 bridgehead atoms. The van der Waals surface area contributed by atoms with Gasteiger partial charge in [-0.1, -0.05) is 34.6 Å². The van der Waals surface area contributed by atoms with Crippen LogP contribution in [0.2, 0.25) is 0 Å². The molecule has 0 aromatic rings. The molecule has 0 aromatic carbocycles. The second-order valence-corrected chi connectivity index (χ2v) is 6.86. The normalized spacial score (nSPS) is 15.9. The van der Waals surface area contributed by atoms with Crippen LogP contribution in [0.4, 0.5) is 0 Å². The van der Waals surface area contributed by atoms with E-state index >= 15 is 0 Å². The van der Waals surface area contributed by atoms with Crippen LogP contribution in [0.3, 0.4) is 0 Å². The molecule has 1 unspecified atom stereocenters. The van der Waals surface area contributed by atoms with Crippen molar-refractivity contribution in [3.8, 4) is 0 Å². The first-order chi connectivity index (χ1) is 6.10. The van der Waals surface area contributed by atoms with Gasteiger partial charge in [-0.25, -0.2) is 0 Å². The van der Waals surface area contributed by atoms with Gasteiger partial charge in [0.15, 0.2) is 0 Å². The van der Waals surface area contributed by atoms with Crippen molar-refractivity contribution in [1.29, 1.82) is 0 Å². The molecule has 86 valence electrons. The second-order valence-electron chi connectivity index (χ2n) is 4.97. The SMILES string of the molecule is CCS(=O)(=O)OC(C(C)C)C(C)(C)C. The van der Waals surface area contributed by atoms with Crippen LogP contribution in [0.5, 0.6) is 0 Å². The molecule has 0 aliphatic carbocycles. The third kappa shape index (κ3) is 4.42. The summed E-state index contributed by atoms with van der Waals surface area (Å²) in [5, 5.41) is 0. The molecule has 0 aliphatic rings. The Bertz CT molecular complexity index is 260. The first-order valence-electron chi connectivity index (χ1n) is 5.01. The van der Waals surface area contributed by atoms with Crippen LogP contribution in [0.15, 0.2) is 0 Å². The molecule has 0 heterocycles. The molecule has 3 nitrogen and oxygen atoms in total. The maximum Gasteiger partial charge on any atom is 0.267 e. The molecule has 4 heteroatoms. The minimum Gasteiger partial charge on any atom is -0.266 e. The lowest BCUT2D eigenvalue weighted by atomic mass is 9.83. The van der Waals surface area contributed by atoms with Gasteiger partial charge in [0.05, 0.1) is 11.9 Å². The minimum atomic E-state index is -3.35. The van der Waals surface area contributed by atoms with Crippen molar-refractivity contribution in [1.82, 2.24) is 0 Å². The van der Waals surface area contributed by atoms with Crippen LogP contribution in [0.25, 0.3) is 0 Å². The zero-order chi connectivity index (χ0) is 11.6.